The van der Waals surface area contributed by atoms with Crippen molar-refractivity contribution in [3.63, 3.8) is 0 Å². The van der Waals surface area contributed by atoms with Crippen molar-refractivity contribution < 1.29 is 51.2 Å². The SMILES string of the molecule is COC1CCN(S(=O)(=O)c2cc(OCCOCCOCCNC(=O)C[C@H]3N=C(c4ccc(Cl)cc4)c4c(sc(C)c4C)-n4c(C)nnc43)ccc2-c2ccn3ncc(CC(=O)OCOC(=O)C(C)(C)C)c3c2)CC1. The number of ether oxygens (including phenoxy) is 6. The first-order valence-electron chi connectivity index (χ1n) is 24.3. The molecular weight excluding hydrogens is 1010 g/mol. The zero-order valence-corrected chi connectivity index (χ0v) is 44.9. The molecular formula is C52H61ClN8O11S2. The summed E-state index contributed by atoms with van der Waals surface area (Å²) in [7, 11) is -2.40. The third-order valence-corrected chi connectivity index (χ3v) is 16.1. The summed E-state index contributed by atoms with van der Waals surface area (Å²) in [6.07, 6.45) is 4.20. The van der Waals surface area contributed by atoms with Crippen LogP contribution in [0.15, 0.2) is 76.9 Å². The minimum absolute atomic E-state index is 0.0324. The smallest absolute Gasteiger partial charge is 0.314 e. The molecule has 1 fully saturated rings. The number of nitrogens with zero attached hydrogens (tertiary/aromatic N) is 7. The van der Waals surface area contributed by atoms with Crippen LogP contribution in [-0.4, -0.2) is 133 Å². The summed E-state index contributed by atoms with van der Waals surface area (Å²) in [6.45, 7) is 12.6. The molecule has 0 spiro atoms. The van der Waals surface area contributed by atoms with Gasteiger partial charge in [-0.25, -0.2) is 12.9 Å². The minimum Gasteiger partial charge on any atom is -0.491 e. The van der Waals surface area contributed by atoms with Gasteiger partial charge in [-0.3, -0.25) is 23.9 Å². The fourth-order valence-electron chi connectivity index (χ4n) is 8.58. The number of nitrogens with one attached hydrogen (secondary N) is 1. The molecule has 6 heterocycles. The quantitative estimate of drug-likeness (QED) is 0.0430. The zero-order chi connectivity index (χ0) is 52.7. The average Bonchev–Trinajstić information content (AvgIpc) is 4.03. The maximum absolute atomic E-state index is 14.4. The van der Waals surface area contributed by atoms with Gasteiger partial charge in [0.25, 0.3) is 0 Å². The summed E-state index contributed by atoms with van der Waals surface area (Å²) in [5.41, 5.74) is 5.13. The summed E-state index contributed by atoms with van der Waals surface area (Å²) in [5, 5.41) is 17.8. The van der Waals surface area contributed by atoms with Crippen molar-refractivity contribution in [3.05, 3.63) is 111 Å². The number of halogens is 1. The molecule has 0 aliphatic carbocycles. The fraction of sp³-hybridized carbons (Fsp3) is 0.442. The molecule has 0 unspecified atom stereocenters. The predicted molar refractivity (Wildman–Crippen MR) is 278 cm³/mol. The molecule has 2 aliphatic rings. The first kappa shape index (κ1) is 54.2. The second-order valence-electron chi connectivity index (χ2n) is 18.9. The van der Waals surface area contributed by atoms with Gasteiger partial charge in [0.15, 0.2) is 5.82 Å². The van der Waals surface area contributed by atoms with E-state index in [1.54, 1.807) is 74.2 Å². The van der Waals surface area contributed by atoms with Crippen LogP contribution in [0.25, 0.3) is 21.6 Å². The lowest BCUT2D eigenvalue weighted by Crippen LogP contribution is -2.40. The number of carbonyl (C=O) groups excluding carboxylic acids is 3. The molecule has 394 valence electrons. The molecule has 1 N–H and O–H groups in total. The molecule has 2 aromatic carbocycles. The van der Waals surface area contributed by atoms with Crippen LogP contribution in [0.2, 0.25) is 5.02 Å². The van der Waals surface area contributed by atoms with Gasteiger partial charge in [-0.2, -0.15) is 9.40 Å². The Morgan fingerprint density at radius 2 is 1.62 bits per heavy atom. The van der Waals surface area contributed by atoms with Gasteiger partial charge in [-0.15, -0.1) is 21.5 Å². The minimum atomic E-state index is -4.02. The van der Waals surface area contributed by atoms with Crippen molar-refractivity contribution in [2.45, 2.75) is 84.3 Å². The summed E-state index contributed by atoms with van der Waals surface area (Å²) in [5.74, 6) is 0.311. The van der Waals surface area contributed by atoms with Crippen molar-refractivity contribution in [1.29, 1.82) is 0 Å². The van der Waals surface area contributed by atoms with Gasteiger partial charge in [0.2, 0.25) is 22.7 Å². The molecule has 4 aromatic heterocycles. The van der Waals surface area contributed by atoms with Crippen LogP contribution < -0.4 is 10.1 Å². The van der Waals surface area contributed by atoms with E-state index in [0.717, 1.165) is 32.3 Å². The molecule has 6 aromatic rings. The van der Waals surface area contributed by atoms with Crippen molar-refractivity contribution in [2.24, 2.45) is 10.4 Å². The van der Waals surface area contributed by atoms with Crippen LogP contribution in [0.1, 0.15) is 84.9 Å². The van der Waals surface area contributed by atoms with Crippen molar-refractivity contribution in [3.8, 4) is 21.9 Å². The highest BCUT2D eigenvalue weighted by atomic mass is 35.5. The van der Waals surface area contributed by atoms with E-state index in [1.165, 1.54) is 16.6 Å². The maximum Gasteiger partial charge on any atom is 0.314 e. The van der Waals surface area contributed by atoms with E-state index in [9.17, 15) is 22.8 Å². The second-order valence-corrected chi connectivity index (χ2v) is 22.5. The summed E-state index contributed by atoms with van der Waals surface area (Å²) < 4.78 is 67.2. The second kappa shape index (κ2) is 23.6. The van der Waals surface area contributed by atoms with Crippen molar-refractivity contribution >= 4 is 62.0 Å². The number of fused-ring (bicyclic) bond motifs is 4. The van der Waals surface area contributed by atoms with Crippen LogP contribution in [0.4, 0.5) is 0 Å². The van der Waals surface area contributed by atoms with Crippen molar-refractivity contribution in [1.82, 2.24) is 34.0 Å². The third-order valence-electron chi connectivity index (χ3n) is 12.7. The maximum atomic E-state index is 14.4. The van der Waals surface area contributed by atoms with Crippen LogP contribution in [-0.2, 0) is 54.5 Å². The number of sulfonamides is 1. The molecule has 22 heteroatoms. The number of hydrogen-bond acceptors (Lipinski definition) is 16. The number of amides is 1. The number of carbonyl (C=O) groups is 3. The van der Waals surface area contributed by atoms with Gasteiger partial charge < -0.3 is 33.7 Å². The van der Waals surface area contributed by atoms with Gasteiger partial charge in [0.1, 0.15) is 29.2 Å². The predicted octanol–water partition coefficient (Wildman–Crippen LogP) is 7.16. The molecule has 19 nitrogen and oxygen atoms in total. The number of hydrogen-bond donors (Lipinski definition) is 1. The van der Waals surface area contributed by atoms with Crippen LogP contribution in [0, 0.1) is 26.2 Å². The van der Waals surface area contributed by atoms with E-state index in [0.29, 0.717) is 57.5 Å². The Balaban J connectivity index is 0.839. The van der Waals surface area contributed by atoms with E-state index in [2.05, 4.69) is 34.5 Å². The van der Waals surface area contributed by atoms with Gasteiger partial charge in [0.05, 0.1) is 73.1 Å². The van der Waals surface area contributed by atoms with Gasteiger partial charge in [0, 0.05) is 71.2 Å². The third kappa shape index (κ3) is 12.5. The molecule has 1 amide bonds. The van der Waals surface area contributed by atoms with Crippen LogP contribution >= 0.6 is 22.9 Å². The lowest BCUT2D eigenvalue weighted by Gasteiger charge is -2.31. The number of aryl methyl sites for hydroxylation is 2. The number of pyridine rings is 1. The number of rotatable bonds is 21. The summed E-state index contributed by atoms with van der Waals surface area (Å²) in [4.78, 5) is 44.6. The van der Waals surface area contributed by atoms with Gasteiger partial charge >= 0.3 is 11.9 Å². The Bertz CT molecular complexity index is 3140. The Hall–Kier alpha value is -6.07. The molecule has 1 atom stereocenters. The normalized spacial score (nSPS) is 15.3. The summed E-state index contributed by atoms with van der Waals surface area (Å²) >= 11 is 7.90. The Morgan fingerprint density at radius 1 is 0.892 bits per heavy atom. The number of aromatic nitrogens is 5. The van der Waals surface area contributed by atoms with Crippen molar-refractivity contribution in [2.75, 3.05) is 66.6 Å². The Kier molecular flexibility index (Phi) is 17.3. The van der Waals surface area contributed by atoms with E-state index < -0.39 is 40.2 Å². The number of thiophene rings is 1. The fourth-order valence-corrected chi connectivity index (χ4v) is 11.6. The monoisotopic (exact) mass is 1070 g/mol. The van der Waals surface area contributed by atoms with Gasteiger partial charge in [-0.05, 0) is 102 Å². The first-order valence-corrected chi connectivity index (χ1v) is 26.9. The Labute approximate surface area is 439 Å². The standard InChI is InChI=1S/C52H61ClN8O11S2/c1-32-33(2)73-50-47(32)48(35-8-10-38(53)11-9-35)56-42(49-58-57-34(3)61(49)50)29-45(62)54-17-21-68-22-23-69-24-25-70-40-12-13-41(44(28-40)74(65,66)59-18-15-39(67-7)16-19-59)36-14-20-60-43(26-36)37(30-55-60)27-46(63)71-31-72-51(64)52(4,5)6/h8-14,20,26,28,30,39,42H,15-19,21-25,27,29,31H2,1-7H3,(H,54,62)/t42-/m1/s1. The van der Waals surface area contributed by atoms with E-state index >= 15 is 0 Å². The lowest BCUT2D eigenvalue weighted by molar-refractivity contribution is -0.172. The molecule has 0 saturated carbocycles. The number of piperidine rings is 1. The topological polar surface area (TPSA) is 216 Å². The molecule has 2 aliphatic heterocycles. The molecule has 0 bridgehead atoms. The highest BCUT2D eigenvalue weighted by molar-refractivity contribution is 7.89. The Morgan fingerprint density at radius 3 is 2.35 bits per heavy atom. The van der Waals surface area contributed by atoms with E-state index in [1.807, 2.05) is 35.8 Å². The molecule has 0 radical (unpaired) electrons. The molecule has 8 rings (SSSR count). The van der Waals surface area contributed by atoms with Crippen LogP contribution in [0.3, 0.4) is 0 Å². The largest absolute Gasteiger partial charge is 0.491 e. The first-order chi connectivity index (χ1) is 35.4. The van der Waals surface area contributed by atoms with Crippen LogP contribution in [0.5, 0.6) is 5.75 Å². The van der Waals surface area contributed by atoms with E-state index in [-0.39, 0.29) is 82.4 Å². The lowest BCUT2D eigenvalue weighted by atomic mass is 9.98. The number of benzene rings is 2. The average molecular weight is 1070 g/mol. The summed E-state index contributed by atoms with van der Waals surface area (Å²) in [6, 6.07) is 15.4. The highest BCUT2D eigenvalue weighted by Crippen LogP contribution is 2.40. The van der Waals surface area contributed by atoms with E-state index in [4.69, 9.17) is 45.0 Å². The molecule has 1 saturated heterocycles. The number of esters is 2. The zero-order valence-electron chi connectivity index (χ0n) is 42.5. The molecule has 74 heavy (non-hydrogen) atoms. The van der Waals surface area contributed by atoms with Gasteiger partial charge in [-0.1, -0.05) is 23.7 Å². The number of methoxy groups -OCH3 is 1. The number of aliphatic imine (C=N–C) groups is 1. The highest BCUT2D eigenvalue weighted by Gasteiger charge is 2.34.